The minimum Gasteiger partial charge on any atom is -0.493 e. The highest BCUT2D eigenvalue weighted by molar-refractivity contribution is 5.77. The smallest absolute Gasteiger partial charge is 0.257 e. The lowest BCUT2D eigenvalue weighted by Gasteiger charge is -2.15. The van der Waals surface area contributed by atoms with Crippen molar-refractivity contribution in [2.24, 2.45) is 0 Å². The van der Waals surface area contributed by atoms with E-state index in [0.29, 0.717) is 24.1 Å². The van der Waals surface area contributed by atoms with E-state index >= 15 is 0 Å². The second-order valence-electron chi connectivity index (χ2n) is 5.24. The summed E-state index contributed by atoms with van der Waals surface area (Å²) in [6.45, 7) is 3.43. The van der Waals surface area contributed by atoms with Crippen molar-refractivity contribution in [2.45, 2.75) is 38.8 Å². The third-order valence-corrected chi connectivity index (χ3v) is 3.36. The Morgan fingerprint density at radius 1 is 1.38 bits per heavy atom. The first-order chi connectivity index (χ1) is 10.2. The molecule has 2 N–H and O–H groups in total. The van der Waals surface area contributed by atoms with Crippen LogP contribution in [0.3, 0.4) is 0 Å². The van der Waals surface area contributed by atoms with Gasteiger partial charge in [0.1, 0.15) is 0 Å². The number of methoxy groups -OCH3 is 1. The zero-order chi connectivity index (χ0) is 15.1. The highest BCUT2D eigenvalue weighted by atomic mass is 16.5. The molecule has 1 fully saturated rings. The van der Waals surface area contributed by atoms with E-state index in [0.717, 1.165) is 18.5 Å². The predicted octanol–water partition coefficient (Wildman–Crippen LogP) is 1.85. The minimum absolute atomic E-state index is 0.0107. The molecule has 0 spiro atoms. The van der Waals surface area contributed by atoms with E-state index in [-0.39, 0.29) is 12.5 Å². The molecular weight excluding hydrogens is 268 g/mol. The number of carbonyl (C=O) groups excluding carboxylic acids is 1. The predicted molar refractivity (Wildman–Crippen MR) is 81.7 cm³/mol. The van der Waals surface area contributed by atoms with Gasteiger partial charge in [-0.1, -0.05) is 19.1 Å². The first-order valence-electron chi connectivity index (χ1n) is 7.53. The molecular formula is C16H24N2O3. The minimum atomic E-state index is -0.108. The summed E-state index contributed by atoms with van der Waals surface area (Å²) in [5, 5.41) is 6.25. The fourth-order valence-electron chi connectivity index (χ4n) is 2.02. The molecule has 0 bridgehead atoms. The zero-order valence-electron chi connectivity index (χ0n) is 12.8. The number of ether oxygens (including phenoxy) is 2. The van der Waals surface area contributed by atoms with Crippen LogP contribution < -0.4 is 20.1 Å². The van der Waals surface area contributed by atoms with Gasteiger partial charge >= 0.3 is 0 Å². The molecule has 21 heavy (non-hydrogen) atoms. The van der Waals surface area contributed by atoms with Crippen molar-refractivity contribution >= 4 is 5.91 Å². The highest BCUT2D eigenvalue weighted by Gasteiger charge is 2.21. The molecule has 5 heteroatoms. The van der Waals surface area contributed by atoms with E-state index < -0.39 is 0 Å². The lowest BCUT2D eigenvalue weighted by atomic mass is 10.2. The number of hydrogen-bond donors (Lipinski definition) is 2. The Morgan fingerprint density at radius 3 is 2.86 bits per heavy atom. The van der Waals surface area contributed by atoms with Gasteiger partial charge in [0, 0.05) is 24.7 Å². The number of para-hydroxylation sites is 1. The number of rotatable bonds is 9. The quantitative estimate of drug-likeness (QED) is 0.729. The summed E-state index contributed by atoms with van der Waals surface area (Å²) >= 11 is 0. The molecule has 1 amide bonds. The molecule has 0 atom stereocenters. The number of nitrogens with one attached hydrogen (secondary N) is 2. The lowest BCUT2D eigenvalue weighted by molar-refractivity contribution is -0.123. The molecule has 1 aliphatic carbocycles. The summed E-state index contributed by atoms with van der Waals surface area (Å²) in [6, 6.07) is 6.40. The number of amides is 1. The SMILES string of the molecule is CCCNC(=O)COc1c(CNC2CC2)cccc1OC. The summed E-state index contributed by atoms with van der Waals surface area (Å²) in [4.78, 5) is 11.7. The molecule has 5 nitrogen and oxygen atoms in total. The molecule has 0 saturated heterocycles. The molecule has 1 aromatic rings. The van der Waals surface area contributed by atoms with Crippen molar-refractivity contribution < 1.29 is 14.3 Å². The van der Waals surface area contributed by atoms with E-state index in [1.807, 2.05) is 25.1 Å². The average Bonchev–Trinajstić information content (AvgIpc) is 3.33. The summed E-state index contributed by atoms with van der Waals surface area (Å²) in [7, 11) is 1.61. The van der Waals surface area contributed by atoms with Gasteiger partial charge in [-0.25, -0.2) is 0 Å². The van der Waals surface area contributed by atoms with Gasteiger partial charge in [0.05, 0.1) is 7.11 Å². The van der Waals surface area contributed by atoms with Crippen LogP contribution in [0.25, 0.3) is 0 Å². The number of benzene rings is 1. The van der Waals surface area contributed by atoms with E-state index in [1.54, 1.807) is 7.11 Å². The molecule has 1 aromatic carbocycles. The standard InChI is InChI=1S/C16H24N2O3/c1-3-9-17-15(19)11-21-16-12(10-18-13-7-8-13)5-4-6-14(16)20-2/h4-6,13,18H,3,7-11H2,1-2H3,(H,17,19). The van der Waals surface area contributed by atoms with Crippen LogP contribution in [0.1, 0.15) is 31.7 Å². The average molecular weight is 292 g/mol. The fraction of sp³-hybridized carbons (Fsp3) is 0.562. The zero-order valence-corrected chi connectivity index (χ0v) is 12.8. The van der Waals surface area contributed by atoms with Crippen LogP contribution in [0, 0.1) is 0 Å². The molecule has 1 saturated carbocycles. The van der Waals surface area contributed by atoms with Crippen molar-refractivity contribution in [3.63, 3.8) is 0 Å². The third kappa shape index (κ3) is 4.93. The number of hydrogen-bond acceptors (Lipinski definition) is 4. The van der Waals surface area contributed by atoms with Gasteiger partial charge < -0.3 is 20.1 Å². The Hall–Kier alpha value is -1.75. The van der Waals surface area contributed by atoms with Crippen LogP contribution in [0.5, 0.6) is 11.5 Å². The molecule has 1 aliphatic rings. The molecule has 2 rings (SSSR count). The van der Waals surface area contributed by atoms with Gasteiger partial charge in [-0.3, -0.25) is 4.79 Å². The monoisotopic (exact) mass is 292 g/mol. The van der Waals surface area contributed by atoms with Crippen LogP contribution in [0.2, 0.25) is 0 Å². The lowest BCUT2D eigenvalue weighted by Crippen LogP contribution is -2.29. The Balaban J connectivity index is 1.98. The normalized spacial score (nSPS) is 13.8. The first-order valence-corrected chi connectivity index (χ1v) is 7.53. The maximum absolute atomic E-state index is 11.7. The van der Waals surface area contributed by atoms with Crippen molar-refractivity contribution in [2.75, 3.05) is 20.3 Å². The maximum Gasteiger partial charge on any atom is 0.257 e. The Morgan fingerprint density at radius 2 is 2.19 bits per heavy atom. The van der Waals surface area contributed by atoms with Gasteiger partial charge in [-0.05, 0) is 25.3 Å². The highest BCUT2D eigenvalue weighted by Crippen LogP contribution is 2.31. The van der Waals surface area contributed by atoms with Gasteiger partial charge in [0.25, 0.3) is 5.91 Å². The molecule has 0 heterocycles. The van der Waals surface area contributed by atoms with E-state index in [4.69, 9.17) is 9.47 Å². The van der Waals surface area contributed by atoms with Crippen molar-refractivity contribution in [1.82, 2.24) is 10.6 Å². The van der Waals surface area contributed by atoms with Crippen LogP contribution in [0.4, 0.5) is 0 Å². The third-order valence-electron chi connectivity index (χ3n) is 3.36. The summed E-state index contributed by atoms with van der Waals surface area (Å²) < 4.78 is 11.0. The van der Waals surface area contributed by atoms with E-state index in [2.05, 4.69) is 10.6 Å². The molecule has 0 unspecified atom stereocenters. The summed E-state index contributed by atoms with van der Waals surface area (Å²) in [5.74, 6) is 1.21. The first kappa shape index (κ1) is 15.6. The van der Waals surface area contributed by atoms with Crippen LogP contribution >= 0.6 is 0 Å². The van der Waals surface area contributed by atoms with Gasteiger partial charge in [0.15, 0.2) is 18.1 Å². The van der Waals surface area contributed by atoms with E-state index in [9.17, 15) is 4.79 Å². The van der Waals surface area contributed by atoms with Crippen molar-refractivity contribution in [1.29, 1.82) is 0 Å². The van der Waals surface area contributed by atoms with Crippen molar-refractivity contribution in [3.8, 4) is 11.5 Å². The van der Waals surface area contributed by atoms with Gasteiger partial charge in [-0.15, -0.1) is 0 Å². The van der Waals surface area contributed by atoms with Crippen LogP contribution in [0.15, 0.2) is 18.2 Å². The molecule has 0 radical (unpaired) electrons. The second-order valence-corrected chi connectivity index (χ2v) is 5.24. The van der Waals surface area contributed by atoms with Gasteiger partial charge in [-0.2, -0.15) is 0 Å². The largest absolute Gasteiger partial charge is 0.493 e. The topological polar surface area (TPSA) is 59.6 Å². The van der Waals surface area contributed by atoms with Crippen molar-refractivity contribution in [3.05, 3.63) is 23.8 Å². The van der Waals surface area contributed by atoms with Gasteiger partial charge in [0.2, 0.25) is 0 Å². The van der Waals surface area contributed by atoms with Crippen LogP contribution in [-0.4, -0.2) is 32.2 Å². The molecule has 116 valence electrons. The second kappa shape index (κ2) is 7.88. The summed E-state index contributed by atoms with van der Waals surface area (Å²) in [5.41, 5.74) is 1.02. The Kier molecular flexibility index (Phi) is 5.87. The number of carbonyl (C=O) groups is 1. The molecule has 0 aliphatic heterocycles. The van der Waals surface area contributed by atoms with E-state index in [1.165, 1.54) is 12.8 Å². The fourth-order valence-corrected chi connectivity index (χ4v) is 2.02. The van der Waals surface area contributed by atoms with Crippen LogP contribution in [-0.2, 0) is 11.3 Å². The Bertz CT molecular complexity index is 473. The maximum atomic E-state index is 11.7. The molecule has 0 aromatic heterocycles. The summed E-state index contributed by atoms with van der Waals surface area (Å²) in [6.07, 6.45) is 3.39. The Labute approximate surface area is 126 Å².